The lowest BCUT2D eigenvalue weighted by atomic mass is 9.87. The molecule has 0 unspecified atom stereocenters. The predicted molar refractivity (Wildman–Crippen MR) is 130 cm³/mol. The van der Waals surface area contributed by atoms with E-state index in [0.29, 0.717) is 0 Å². The Labute approximate surface area is 178 Å². The van der Waals surface area contributed by atoms with Crippen molar-refractivity contribution in [3.8, 4) is 11.1 Å². The van der Waals surface area contributed by atoms with Gasteiger partial charge < -0.3 is 10.2 Å². The standard InChI is InChI=1S/C26H30N2S/c1-8-15-26(5,27-19(4)28(6)7)24-17-29-25-22(13-10-14-23(24)25)21-12-9-11-20(16-21)18(2)3/h8-14,16-17,27H,1-2,4,15H2,3,5-7H3/t26-/m0/s1. The second kappa shape index (κ2) is 8.30. The molecular formula is C26H30N2S. The molecule has 0 aliphatic carbocycles. The summed E-state index contributed by atoms with van der Waals surface area (Å²) in [6, 6.07) is 15.2. The van der Waals surface area contributed by atoms with E-state index in [9.17, 15) is 0 Å². The van der Waals surface area contributed by atoms with E-state index in [-0.39, 0.29) is 5.54 Å². The van der Waals surface area contributed by atoms with Crippen molar-refractivity contribution < 1.29 is 0 Å². The lowest BCUT2D eigenvalue weighted by Crippen LogP contribution is -2.41. The molecule has 1 atom stereocenters. The molecule has 1 aromatic heterocycles. The summed E-state index contributed by atoms with van der Waals surface area (Å²) in [5.41, 5.74) is 5.74. The van der Waals surface area contributed by atoms with E-state index in [4.69, 9.17) is 0 Å². The highest BCUT2D eigenvalue weighted by molar-refractivity contribution is 7.18. The monoisotopic (exact) mass is 402 g/mol. The van der Waals surface area contributed by atoms with E-state index in [2.05, 4.69) is 79.8 Å². The molecule has 1 N–H and O–H groups in total. The average Bonchev–Trinajstić information content (AvgIpc) is 3.13. The zero-order valence-corrected chi connectivity index (χ0v) is 18.7. The van der Waals surface area contributed by atoms with E-state index < -0.39 is 0 Å². The molecule has 0 radical (unpaired) electrons. The number of hydrogen-bond donors (Lipinski definition) is 1. The second-order valence-corrected chi connectivity index (χ2v) is 8.86. The SMILES string of the molecule is C=CC[C@](C)(NC(=C)N(C)C)c1csc2c(-c3cccc(C(=C)C)c3)cccc12. The Bertz CT molecular complexity index is 1070. The van der Waals surface area contributed by atoms with Crippen LogP contribution in [0.5, 0.6) is 0 Å². The van der Waals surface area contributed by atoms with Gasteiger partial charge in [-0.15, -0.1) is 17.9 Å². The van der Waals surface area contributed by atoms with Gasteiger partial charge in [-0.3, -0.25) is 0 Å². The van der Waals surface area contributed by atoms with Crippen LogP contribution >= 0.6 is 11.3 Å². The van der Waals surface area contributed by atoms with Gasteiger partial charge in [0.15, 0.2) is 0 Å². The molecule has 2 nitrogen and oxygen atoms in total. The molecular weight excluding hydrogens is 372 g/mol. The van der Waals surface area contributed by atoms with Gasteiger partial charge in [-0.1, -0.05) is 61.2 Å². The fourth-order valence-electron chi connectivity index (χ4n) is 3.61. The van der Waals surface area contributed by atoms with E-state index >= 15 is 0 Å². The lowest BCUT2D eigenvalue weighted by molar-refractivity contribution is 0.345. The van der Waals surface area contributed by atoms with Crippen molar-refractivity contribution in [1.82, 2.24) is 10.2 Å². The second-order valence-electron chi connectivity index (χ2n) is 7.98. The number of nitrogens with one attached hydrogen (secondary N) is 1. The predicted octanol–water partition coefficient (Wildman–Crippen LogP) is 7.02. The highest BCUT2D eigenvalue weighted by Crippen LogP contribution is 2.41. The van der Waals surface area contributed by atoms with Crippen LogP contribution in [0, 0.1) is 0 Å². The molecule has 0 aliphatic heterocycles. The summed E-state index contributed by atoms with van der Waals surface area (Å²) in [4.78, 5) is 2.00. The van der Waals surface area contributed by atoms with Crippen LogP contribution in [0.2, 0.25) is 0 Å². The first-order chi connectivity index (χ1) is 13.8. The minimum atomic E-state index is -0.278. The minimum absolute atomic E-state index is 0.278. The van der Waals surface area contributed by atoms with Gasteiger partial charge in [-0.25, -0.2) is 0 Å². The van der Waals surface area contributed by atoms with Crippen LogP contribution in [0.3, 0.4) is 0 Å². The van der Waals surface area contributed by atoms with Crippen molar-refractivity contribution in [2.24, 2.45) is 0 Å². The molecule has 0 fully saturated rings. The maximum absolute atomic E-state index is 4.18. The van der Waals surface area contributed by atoms with Crippen molar-refractivity contribution in [1.29, 1.82) is 0 Å². The molecule has 2 aromatic carbocycles. The topological polar surface area (TPSA) is 15.3 Å². The third kappa shape index (κ3) is 4.15. The largest absolute Gasteiger partial charge is 0.365 e. The molecule has 150 valence electrons. The average molecular weight is 403 g/mol. The molecule has 3 aromatic rings. The molecule has 0 saturated carbocycles. The van der Waals surface area contributed by atoms with Gasteiger partial charge >= 0.3 is 0 Å². The van der Waals surface area contributed by atoms with Gasteiger partial charge in [0.1, 0.15) is 0 Å². The van der Waals surface area contributed by atoms with Crippen LogP contribution in [0.4, 0.5) is 0 Å². The lowest BCUT2D eigenvalue weighted by Gasteiger charge is -2.34. The number of benzene rings is 2. The van der Waals surface area contributed by atoms with Crippen molar-refractivity contribution in [3.63, 3.8) is 0 Å². The van der Waals surface area contributed by atoms with Crippen LogP contribution in [-0.4, -0.2) is 19.0 Å². The smallest absolute Gasteiger partial charge is 0.0940 e. The van der Waals surface area contributed by atoms with E-state index in [1.807, 2.05) is 32.0 Å². The zero-order valence-electron chi connectivity index (χ0n) is 17.9. The number of nitrogens with zero attached hydrogens (tertiary/aromatic N) is 1. The summed E-state index contributed by atoms with van der Waals surface area (Å²) in [7, 11) is 4.00. The van der Waals surface area contributed by atoms with Crippen molar-refractivity contribution in [3.05, 3.63) is 90.6 Å². The first kappa shape index (κ1) is 20.9. The normalized spacial score (nSPS) is 13.0. The molecule has 3 heteroatoms. The number of allylic oxidation sites excluding steroid dienone is 1. The molecule has 0 bridgehead atoms. The summed E-state index contributed by atoms with van der Waals surface area (Å²) in [6.45, 7) is 16.5. The zero-order chi connectivity index (χ0) is 21.2. The van der Waals surface area contributed by atoms with Crippen LogP contribution in [0.25, 0.3) is 26.8 Å². The van der Waals surface area contributed by atoms with Crippen LogP contribution in [0.15, 0.2) is 79.5 Å². The Morgan fingerprint density at radius 1 is 1.17 bits per heavy atom. The molecule has 0 amide bonds. The molecule has 3 rings (SSSR count). The van der Waals surface area contributed by atoms with E-state index in [0.717, 1.165) is 17.8 Å². The third-order valence-corrected chi connectivity index (χ3v) is 6.40. The Kier molecular flexibility index (Phi) is 5.99. The van der Waals surface area contributed by atoms with Crippen molar-refractivity contribution >= 4 is 27.0 Å². The molecule has 0 aliphatic rings. The first-order valence-corrected chi connectivity index (χ1v) is 10.7. The van der Waals surface area contributed by atoms with Gasteiger partial charge in [0.25, 0.3) is 0 Å². The van der Waals surface area contributed by atoms with Gasteiger partial charge in [0.2, 0.25) is 0 Å². The molecule has 0 saturated heterocycles. The summed E-state index contributed by atoms with van der Waals surface area (Å²) in [5, 5.41) is 7.18. The fourth-order valence-corrected chi connectivity index (χ4v) is 4.85. The summed E-state index contributed by atoms with van der Waals surface area (Å²) in [6.07, 6.45) is 2.78. The summed E-state index contributed by atoms with van der Waals surface area (Å²) >= 11 is 1.80. The van der Waals surface area contributed by atoms with E-state index in [1.165, 1.54) is 32.3 Å². The maximum atomic E-state index is 4.18. The quantitative estimate of drug-likeness (QED) is 0.407. The number of hydrogen-bond acceptors (Lipinski definition) is 3. The first-order valence-electron chi connectivity index (χ1n) is 9.79. The Morgan fingerprint density at radius 3 is 2.55 bits per heavy atom. The highest BCUT2D eigenvalue weighted by Gasteiger charge is 2.29. The third-order valence-electron chi connectivity index (χ3n) is 5.37. The van der Waals surface area contributed by atoms with Gasteiger partial charge in [-0.2, -0.15) is 0 Å². The molecule has 1 heterocycles. The molecule has 29 heavy (non-hydrogen) atoms. The van der Waals surface area contributed by atoms with Crippen molar-refractivity contribution in [2.75, 3.05) is 14.1 Å². The van der Waals surface area contributed by atoms with Gasteiger partial charge in [0, 0.05) is 18.8 Å². The minimum Gasteiger partial charge on any atom is -0.365 e. The fraction of sp³-hybridized carbons (Fsp3) is 0.231. The summed E-state index contributed by atoms with van der Waals surface area (Å²) < 4.78 is 1.30. The molecule has 0 spiro atoms. The number of rotatable bonds is 8. The van der Waals surface area contributed by atoms with E-state index in [1.54, 1.807) is 11.3 Å². The Morgan fingerprint density at radius 2 is 1.90 bits per heavy atom. The van der Waals surface area contributed by atoms with Crippen molar-refractivity contribution in [2.45, 2.75) is 25.8 Å². The number of thiophene rings is 1. The van der Waals surface area contributed by atoms with Crippen LogP contribution in [-0.2, 0) is 5.54 Å². The maximum Gasteiger partial charge on any atom is 0.0940 e. The Balaban J connectivity index is 2.14. The van der Waals surface area contributed by atoms with Gasteiger partial charge in [-0.05, 0) is 59.4 Å². The van der Waals surface area contributed by atoms with Gasteiger partial charge in [0.05, 0.1) is 11.4 Å². The summed E-state index contributed by atoms with van der Waals surface area (Å²) in [5.74, 6) is 0.888. The van der Waals surface area contributed by atoms with Crippen LogP contribution < -0.4 is 5.32 Å². The van der Waals surface area contributed by atoms with Crippen LogP contribution in [0.1, 0.15) is 31.4 Å². The Hall–Kier alpha value is -2.78. The number of fused-ring (bicyclic) bond motifs is 1. The highest BCUT2D eigenvalue weighted by atomic mass is 32.1.